The lowest BCUT2D eigenvalue weighted by atomic mass is 10.2. The van der Waals surface area contributed by atoms with Gasteiger partial charge in [0.05, 0.1) is 6.61 Å². The van der Waals surface area contributed by atoms with Crippen molar-refractivity contribution in [1.82, 2.24) is 0 Å². The number of aryl methyl sites for hydroxylation is 1. The van der Waals surface area contributed by atoms with E-state index in [2.05, 4.69) is 43.0 Å². The Morgan fingerprint density at radius 1 is 1.13 bits per heavy atom. The molecule has 0 aliphatic heterocycles. The number of hydrogen-bond acceptors (Lipinski definition) is 2. The van der Waals surface area contributed by atoms with E-state index in [0.717, 1.165) is 26.3 Å². The van der Waals surface area contributed by atoms with Gasteiger partial charge >= 0.3 is 0 Å². The summed E-state index contributed by atoms with van der Waals surface area (Å²) in [5, 5.41) is 0. The zero-order valence-corrected chi connectivity index (χ0v) is 9.99. The summed E-state index contributed by atoms with van der Waals surface area (Å²) in [7, 11) is 0. The lowest BCUT2D eigenvalue weighted by molar-refractivity contribution is 0.154. The zero-order chi connectivity index (χ0) is 11.1. The molecular weight excluding hydrogens is 186 g/mol. The molecular formula is C13H21NO. The number of nitrogens with zero attached hydrogens (tertiary/aromatic N) is 1. The number of hydrogen-bond donors (Lipinski definition) is 0. The molecule has 1 aromatic carbocycles. The maximum Gasteiger partial charge on any atom is 0.0641 e. The number of rotatable bonds is 6. The van der Waals surface area contributed by atoms with Crippen molar-refractivity contribution in [1.29, 1.82) is 0 Å². The van der Waals surface area contributed by atoms with Gasteiger partial charge in [-0.3, -0.25) is 0 Å². The Kier molecular flexibility index (Phi) is 5.19. The predicted molar refractivity (Wildman–Crippen MR) is 65.6 cm³/mol. The summed E-state index contributed by atoms with van der Waals surface area (Å²) in [5.74, 6) is 0. The highest BCUT2D eigenvalue weighted by Gasteiger charge is 2.02. The van der Waals surface area contributed by atoms with Gasteiger partial charge < -0.3 is 9.64 Å². The molecule has 84 valence electrons. The molecule has 0 unspecified atom stereocenters. The molecule has 0 spiro atoms. The van der Waals surface area contributed by atoms with Crippen LogP contribution in [0, 0.1) is 6.92 Å². The van der Waals surface area contributed by atoms with Crippen LogP contribution in [0.1, 0.15) is 19.4 Å². The van der Waals surface area contributed by atoms with E-state index in [-0.39, 0.29) is 0 Å². The first-order valence-corrected chi connectivity index (χ1v) is 5.67. The Morgan fingerprint density at radius 3 is 2.33 bits per heavy atom. The van der Waals surface area contributed by atoms with Gasteiger partial charge in [0, 0.05) is 25.4 Å². The van der Waals surface area contributed by atoms with E-state index in [1.54, 1.807) is 0 Å². The molecule has 0 aliphatic carbocycles. The molecule has 0 amide bonds. The van der Waals surface area contributed by atoms with E-state index >= 15 is 0 Å². The molecule has 2 nitrogen and oxygen atoms in total. The fourth-order valence-corrected chi connectivity index (χ4v) is 1.54. The quantitative estimate of drug-likeness (QED) is 0.665. The summed E-state index contributed by atoms with van der Waals surface area (Å²) < 4.78 is 5.37. The van der Waals surface area contributed by atoms with Gasteiger partial charge in [-0.25, -0.2) is 0 Å². The predicted octanol–water partition coefficient (Wildman–Crippen LogP) is 2.86. The molecule has 0 N–H and O–H groups in total. The third-order valence-corrected chi connectivity index (χ3v) is 2.49. The molecule has 0 radical (unpaired) electrons. The van der Waals surface area contributed by atoms with Crippen molar-refractivity contribution in [3.8, 4) is 0 Å². The largest absolute Gasteiger partial charge is 0.380 e. The molecule has 2 heteroatoms. The second-order valence-corrected chi connectivity index (χ2v) is 3.61. The first kappa shape index (κ1) is 12.1. The minimum atomic E-state index is 0.797. The van der Waals surface area contributed by atoms with Crippen LogP contribution in [0.2, 0.25) is 0 Å². The van der Waals surface area contributed by atoms with Crippen LogP contribution >= 0.6 is 0 Å². The summed E-state index contributed by atoms with van der Waals surface area (Å²) >= 11 is 0. The van der Waals surface area contributed by atoms with Crippen molar-refractivity contribution in [3.63, 3.8) is 0 Å². The van der Waals surface area contributed by atoms with Crippen molar-refractivity contribution in [2.24, 2.45) is 0 Å². The normalized spacial score (nSPS) is 10.3. The molecule has 0 aromatic heterocycles. The van der Waals surface area contributed by atoms with Crippen molar-refractivity contribution >= 4 is 5.69 Å². The number of anilines is 1. The lowest BCUT2D eigenvalue weighted by Crippen LogP contribution is -2.27. The van der Waals surface area contributed by atoms with Gasteiger partial charge in [-0.2, -0.15) is 0 Å². The maximum absolute atomic E-state index is 5.37. The summed E-state index contributed by atoms with van der Waals surface area (Å²) in [5.41, 5.74) is 2.59. The van der Waals surface area contributed by atoms with Gasteiger partial charge in [0.15, 0.2) is 0 Å². The highest BCUT2D eigenvalue weighted by molar-refractivity contribution is 5.47. The molecule has 1 aromatic rings. The van der Waals surface area contributed by atoms with Crippen molar-refractivity contribution in [2.75, 3.05) is 31.2 Å². The average molecular weight is 207 g/mol. The SMILES string of the molecule is CCOCCN(CC)c1ccc(C)cc1. The van der Waals surface area contributed by atoms with E-state index in [4.69, 9.17) is 4.74 Å². The lowest BCUT2D eigenvalue weighted by Gasteiger charge is -2.23. The minimum Gasteiger partial charge on any atom is -0.380 e. The van der Waals surface area contributed by atoms with Gasteiger partial charge in [-0.05, 0) is 32.9 Å². The second-order valence-electron chi connectivity index (χ2n) is 3.61. The van der Waals surface area contributed by atoms with E-state index < -0.39 is 0 Å². The average Bonchev–Trinajstić information content (AvgIpc) is 2.26. The van der Waals surface area contributed by atoms with Crippen molar-refractivity contribution in [3.05, 3.63) is 29.8 Å². The van der Waals surface area contributed by atoms with E-state index in [1.807, 2.05) is 6.92 Å². The summed E-state index contributed by atoms with van der Waals surface area (Å²) in [6, 6.07) is 8.65. The van der Waals surface area contributed by atoms with Crippen molar-refractivity contribution in [2.45, 2.75) is 20.8 Å². The fraction of sp³-hybridized carbons (Fsp3) is 0.538. The minimum absolute atomic E-state index is 0.797. The molecule has 1 rings (SSSR count). The smallest absolute Gasteiger partial charge is 0.0641 e. The van der Waals surface area contributed by atoms with Gasteiger partial charge in [-0.1, -0.05) is 17.7 Å². The van der Waals surface area contributed by atoms with Crippen LogP contribution in [0.5, 0.6) is 0 Å². The Bertz CT molecular complexity index is 268. The number of ether oxygens (including phenoxy) is 1. The number of likely N-dealkylation sites (N-methyl/N-ethyl adjacent to an activating group) is 1. The van der Waals surface area contributed by atoms with Crippen LogP contribution < -0.4 is 4.90 Å². The van der Waals surface area contributed by atoms with Crippen LogP contribution in [0.4, 0.5) is 5.69 Å². The molecule has 15 heavy (non-hydrogen) atoms. The van der Waals surface area contributed by atoms with Gasteiger partial charge in [0.1, 0.15) is 0 Å². The molecule has 0 saturated heterocycles. The van der Waals surface area contributed by atoms with Crippen LogP contribution in [-0.2, 0) is 4.74 Å². The summed E-state index contributed by atoms with van der Waals surface area (Å²) in [6.07, 6.45) is 0. The highest BCUT2D eigenvalue weighted by atomic mass is 16.5. The summed E-state index contributed by atoms with van der Waals surface area (Å²) in [6.45, 7) is 9.90. The first-order chi connectivity index (χ1) is 7.27. The monoisotopic (exact) mass is 207 g/mol. The third kappa shape index (κ3) is 3.92. The summed E-state index contributed by atoms with van der Waals surface area (Å²) in [4.78, 5) is 2.33. The van der Waals surface area contributed by atoms with Gasteiger partial charge in [0.25, 0.3) is 0 Å². The van der Waals surface area contributed by atoms with Gasteiger partial charge in [0.2, 0.25) is 0 Å². The molecule has 0 fully saturated rings. The Labute approximate surface area is 92.9 Å². The fourth-order valence-electron chi connectivity index (χ4n) is 1.54. The van der Waals surface area contributed by atoms with E-state index in [1.165, 1.54) is 11.3 Å². The third-order valence-electron chi connectivity index (χ3n) is 2.49. The van der Waals surface area contributed by atoms with Gasteiger partial charge in [-0.15, -0.1) is 0 Å². The molecule has 0 bridgehead atoms. The topological polar surface area (TPSA) is 12.5 Å². The Morgan fingerprint density at radius 2 is 1.80 bits per heavy atom. The molecule has 0 aliphatic rings. The molecule has 0 atom stereocenters. The van der Waals surface area contributed by atoms with Crippen LogP contribution in [0.3, 0.4) is 0 Å². The standard InChI is InChI=1S/C13H21NO/c1-4-14(10-11-15-5-2)13-8-6-12(3)7-9-13/h6-9H,4-5,10-11H2,1-3H3. The van der Waals surface area contributed by atoms with Crippen LogP contribution in [0.15, 0.2) is 24.3 Å². The Hall–Kier alpha value is -1.02. The van der Waals surface area contributed by atoms with E-state index in [9.17, 15) is 0 Å². The first-order valence-electron chi connectivity index (χ1n) is 5.67. The molecule has 0 saturated carbocycles. The highest BCUT2D eigenvalue weighted by Crippen LogP contribution is 2.14. The zero-order valence-electron chi connectivity index (χ0n) is 9.99. The maximum atomic E-state index is 5.37. The van der Waals surface area contributed by atoms with Crippen LogP contribution in [-0.4, -0.2) is 26.3 Å². The van der Waals surface area contributed by atoms with E-state index in [0.29, 0.717) is 0 Å². The van der Waals surface area contributed by atoms with Crippen LogP contribution in [0.25, 0.3) is 0 Å². The second kappa shape index (κ2) is 6.46. The van der Waals surface area contributed by atoms with Crippen molar-refractivity contribution < 1.29 is 4.74 Å². The number of benzene rings is 1. The molecule has 0 heterocycles. The Balaban J connectivity index is 2.53.